The molecule has 0 atom stereocenters. The maximum Gasteiger partial charge on any atom is 0.269 e. The summed E-state index contributed by atoms with van der Waals surface area (Å²) in [6.45, 7) is 5.21. The number of nitro groups is 1. The highest BCUT2D eigenvalue weighted by Crippen LogP contribution is 2.24. The number of benzene rings is 1. The van der Waals surface area contributed by atoms with E-state index in [1.54, 1.807) is 17.0 Å². The molecule has 0 bridgehead atoms. The van der Waals surface area contributed by atoms with Crippen LogP contribution in [0.25, 0.3) is 0 Å². The van der Waals surface area contributed by atoms with Crippen molar-refractivity contribution in [3.63, 3.8) is 0 Å². The van der Waals surface area contributed by atoms with Gasteiger partial charge in [-0.05, 0) is 19.4 Å². The molecule has 2 rings (SSSR count). The number of carbonyl (C=O) groups is 1. The number of nitrogens with zero attached hydrogens (tertiary/aromatic N) is 5. The number of hydrogen-bond donors (Lipinski definition) is 1. The largest absolute Gasteiger partial charge is 0.343 e. The van der Waals surface area contributed by atoms with Gasteiger partial charge in [-0.15, -0.1) is 10.2 Å². The Morgan fingerprint density at radius 3 is 2.31 bits per heavy atom. The summed E-state index contributed by atoms with van der Waals surface area (Å²) >= 11 is 2.62. The molecule has 1 aromatic heterocycles. The second-order valence-electron chi connectivity index (χ2n) is 5.20. The number of thioether (sulfide) groups is 2. The maximum atomic E-state index is 12.0. The fourth-order valence-corrected chi connectivity index (χ4v) is 3.75. The zero-order valence-electron chi connectivity index (χ0n) is 14.5. The molecule has 26 heavy (non-hydrogen) atoms. The average Bonchev–Trinajstić information content (AvgIpc) is 2.99. The van der Waals surface area contributed by atoms with Gasteiger partial charge in [-0.1, -0.05) is 35.7 Å². The third kappa shape index (κ3) is 5.11. The lowest BCUT2D eigenvalue weighted by atomic mass is 10.2. The van der Waals surface area contributed by atoms with Gasteiger partial charge in [0.1, 0.15) is 0 Å². The average molecular weight is 396 g/mol. The van der Waals surface area contributed by atoms with E-state index in [1.165, 1.54) is 40.3 Å². The molecule has 0 radical (unpaired) electrons. The molecular formula is C15H20N6O3S2. The molecule has 11 heteroatoms. The van der Waals surface area contributed by atoms with E-state index in [0.717, 1.165) is 5.56 Å². The molecule has 0 aliphatic carbocycles. The van der Waals surface area contributed by atoms with Gasteiger partial charge in [0.25, 0.3) is 5.69 Å². The van der Waals surface area contributed by atoms with E-state index in [9.17, 15) is 14.9 Å². The Kier molecular flexibility index (Phi) is 7.27. The molecule has 0 unspecified atom stereocenters. The van der Waals surface area contributed by atoms with Crippen LogP contribution in [-0.4, -0.2) is 49.4 Å². The molecule has 0 aliphatic rings. The topological polar surface area (TPSA) is 120 Å². The molecule has 0 aliphatic heterocycles. The van der Waals surface area contributed by atoms with Crippen molar-refractivity contribution in [3.8, 4) is 0 Å². The van der Waals surface area contributed by atoms with E-state index in [4.69, 9.17) is 5.84 Å². The minimum Gasteiger partial charge on any atom is -0.343 e. The first kappa shape index (κ1) is 20.0. The molecule has 9 nitrogen and oxygen atoms in total. The van der Waals surface area contributed by atoms with Gasteiger partial charge in [-0.2, -0.15) is 0 Å². The molecule has 1 heterocycles. The summed E-state index contributed by atoms with van der Waals surface area (Å²) in [6, 6.07) is 6.31. The van der Waals surface area contributed by atoms with Crippen LogP contribution in [0.1, 0.15) is 19.4 Å². The number of hydrogen-bond acceptors (Lipinski definition) is 8. The van der Waals surface area contributed by atoms with Gasteiger partial charge in [-0.25, -0.2) is 4.68 Å². The number of nitro benzene ring substituents is 1. The van der Waals surface area contributed by atoms with Gasteiger partial charge in [0, 0.05) is 31.0 Å². The third-order valence-electron chi connectivity index (χ3n) is 3.59. The first-order chi connectivity index (χ1) is 12.5. The fraction of sp³-hybridized carbons (Fsp3) is 0.400. The summed E-state index contributed by atoms with van der Waals surface area (Å²) in [5.74, 6) is 6.83. The third-order valence-corrected chi connectivity index (χ3v) is 5.53. The van der Waals surface area contributed by atoms with Crippen LogP contribution >= 0.6 is 23.5 Å². The predicted octanol–water partition coefficient (Wildman–Crippen LogP) is 2.15. The van der Waals surface area contributed by atoms with Crippen molar-refractivity contribution in [3.05, 3.63) is 39.9 Å². The van der Waals surface area contributed by atoms with Crippen LogP contribution in [0.4, 0.5) is 5.69 Å². The van der Waals surface area contributed by atoms with Crippen LogP contribution in [0.15, 0.2) is 34.6 Å². The normalized spacial score (nSPS) is 10.7. The summed E-state index contributed by atoms with van der Waals surface area (Å²) in [7, 11) is 0. The number of aromatic nitrogens is 3. The molecule has 1 aromatic carbocycles. The van der Waals surface area contributed by atoms with Gasteiger partial charge >= 0.3 is 0 Å². The second kappa shape index (κ2) is 9.43. The Balaban J connectivity index is 1.92. The van der Waals surface area contributed by atoms with Crippen molar-refractivity contribution in [1.29, 1.82) is 0 Å². The summed E-state index contributed by atoms with van der Waals surface area (Å²) in [5, 5.41) is 19.7. The van der Waals surface area contributed by atoms with E-state index in [1.807, 2.05) is 13.8 Å². The van der Waals surface area contributed by atoms with Gasteiger partial charge in [0.05, 0.1) is 10.7 Å². The van der Waals surface area contributed by atoms with Crippen LogP contribution in [0.2, 0.25) is 0 Å². The SMILES string of the molecule is CCN(CC)C(=O)CSc1nnc(SCc2ccc([N+](=O)[O-])cc2)n1N. The zero-order chi connectivity index (χ0) is 19.1. The van der Waals surface area contributed by atoms with Crippen molar-refractivity contribution in [1.82, 2.24) is 19.8 Å². The van der Waals surface area contributed by atoms with Crippen LogP contribution < -0.4 is 5.84 Å². The van der Waals surface area contributed by atoms with Crippen molar-refractivity contribution in [2.75, 3.05) is 24.7 Å². The Hall–Kier alpha value is -2.27. The van der Waals surface area contributed by atoms with E-state index in [0.29, 0.717) is 29.2 Å². The Labute approximate surface area is 159 Å². The molecule has 0 spiro atoms. The number of carbonyl (C=O) groups excluding carboxylic acids is 1. The Bertz CT molecular complexity index is 761. The first-order valence-electron chi connectivity index (χ1n) is 7.93. The molecule has 2 aromatic rings. The predicted molar refractivity (Wildman–Crippen MR) is 101 cm³/mol. The van der Waals surface area contributed by atoms with Gasteiger partial charge in [0.2, 0.25) is 16.2 Å². The molecule has 1 amide bonds. The monoisotopic (exact) mass is 396 g/mol. The van der Waals surface area contributed by atoms with Gasteiger partial charge in [-0.3, -0.25) is 14.9 Å². The summed E-state index contributed by atoms with van der Waals surface area (Å²) < 4.78 is 1.36. The fourth-order valence-electron chi connectivity index (χ4n) is 2.12. The highest BCUT2D eigenvalue weighted by molar-refractivity contribution is 8.00. The number of rotatable bonds is 9. The first-order valence-corrected chi connectivity index (χ1v) is 9.90. The number of amides is 1. The van der Waals surface area contributed by atoms with E-state index in [-0.39, 0.29) is 17.3 Å². The molecule has 0 saturated heterocycles. The Morgan fingerprint density at radius 2 is 1.77 bits per heavy atom. The van der Waals surface area contributed by atoms with Gasteiger partial charge < -0.3 is 10.7 Å². The van der Waals surface area contributed by atoms with Crippen molar-refractivity contribution in [2.24, 2.45) is 0 Å². The van der Waals surface area contributed by atoms with E-state index in [2.05, 4.69) is 10.2 Å². The maximum absolute atomic E-state index is 12.0. The number of nitrogens with two attached hydrogens (primary N) is 1. The molecule has 0 fully saturated rings. The Morgan fingerprint density at radius 1 is 1.19 bits per heavy atom. The van der Waals surface area contributed by atoms with Crippen LogP contribution in [-0.2, 0) is 10.5 Å². The number of non-ortho nitro benzene ring substituents is 1. The van der Waals surface area contributed by atoms with E-state index < -0.39 is 4.92 Å². The van der Waals surface area contributed by atoms with Crippen LogP contribution in [0, 0.1) is 10.1 Å². The minimum atomic E-state index is -0.434. The lowest BCUT2D eigenvalue weighted by molar-refractivity contribution is -0.384. The molecular weight excluding hydrogens is 376 g/mol. The summed E-state index contributed by atoms with van der Waals surface area (Å²) in [6.07, 6.45) is 0. The smallest absolute Gasteiger partial charge is 0.269 e. The quantitative estimate of drug-likeness (QED) is 0.296. The van der Waals surface area contributed by atoms with Crippen molar-refractivity contribution >= 4 is 35.1 Å². The molecule has 2 N–H and O–H groups in total. The second-order valence-corrected chi connectivity index (χ2v) is 7.09. The van der Waals surface area contributed by atoms with Crippen molar-refractivity contribution < 1.29 is 9.72 Å². The summed E-state index contributed by atoms with van der Waals surface area (Å²) in [5.41, 5.74) is 0.965. The molecule has 140 valence electrons. The van der Waals surface area contributed by atoms with Gasteiger partial charge in [0.15, 0.2) is 0 Å². The highest BCUT2D eigenvalue weighted by atomic mass is 32.2. The zero-order valence-corrected chi connectivity index (χ0v) is 16.1. The lowest BCUT2D eigenvalue weighted by Gasteiger charge is -2.17. The summed E-state index contributed by atoms with van der Waals surface area (Å²) in [4.78, 5) is 24.0. The molecule has 0 saturated carbocycles. The van der Waals surface area contributed by atoms with Crippen molar-refractivity contribution in [2.45, 2.75) is 29.9 Å². The lowest BCUT2D eigenvalue weighted by Crippen LogP contribution is -2.32. The van der Waals surface area contributed by atoms with Crippen LogP contribution in [0.5, 0.6) is 0 Å². The van der Waals surface area contributed by atoms with Crippen LogP contribution in [0.3, 0.4) is 0 Å². The van der Waals surface area contributed by atoms with E-state index >= 15 is 0 Å². The minimum absolute atomic E-state index is 0.0306. The standard InChI is InChI=1S/C15H20N6O3S2/c1-3-19(4-2)13(22)10-26-15-18-17-14(20(15)16)25-9-11-5-7-12(8-6-11)21(23)24/h5-8H,3-4,9-10,16H2,1-2H3. The highest BCUT2D eigenvalue weighted by Gasteiger charge is 2.15. The number of nitrogen functional groups attached to an aromatic ring is 1.